The van der Waals surface area contributed by atoms with E-state index < -0.39 is 20.2 Å². The summed E-state index contributed by atoms with van der Waals surface area (Å²) in [5.41, 5.74) is 6.21. The maximum absolute atomic E-state index is 11.9. The van der Waals surface area contributed by atoms with Gasteiger partial charge in [-0.15, -0.1) is 0 Å². The molecule has 4 aromatic carbocycles. The molecule has 0 radical (unpaired) electrons. The molecule has 0 bridgehead atoms. The average Bonchev–Trinajstić information content (AvgIpc) is 3.53. The molecule has 0 amide bonds. The van der Waals surface area contributed by atoms with Crippen LogP contribution in [0, 0.1) is 27.7 Å². The predicted octanol–water partition coefficient (Wildman–Crippen LogP) is 1.23. The van der Waals surface area contributed by atoms with E-state index in [0.29, 0.717) is 33.8 Å². The van der Waals surface area contributed by atoms with E-state index in [1.807, 2.05) is 48.5 Å². The molecule has 214 valence electrons. The van der Waals surface area contributed by atoms with E-state index in [1.165, 1.54) is 0 Å². The van der Waals surface area contributed by atoms with Gasteiger partial charge in [0.05, 0.1) is 9.79 Å². The number of furan rings is 2. The molecule has 2 aromatic heterocycles. The van der Waals surface area contributed by atoms with Crippen molar-refractivity contribution in [3.63, 3.8) is 0 Å². The summed E-state index contributed by atoms with van der Waals surface area (Å²) in [6.45, 7) is 6.78. The molecule has 0 saturated carbocycles. The predicted molar refractivity (Wildman–Crippen MR) is 157 cm³/mol. The summed E-state index contributed by atoms with van der Waals surface area (Å²) in [5.74, 6) is 0.890. The van der Waals surface area contributed by atoms with Gasteiger partial charge in [-0.05, 0) is 73.2 Å². The molecule has 0 aliphatic heterocycles. The van der Waals surface area contributed by atoms with Crippen LogP contribution in [-0.2, 0) is 20.2 Å². The second-order valence-electron chi connectivity index (χ2n) is 10.4. The van der Waals surface area contributed by atoms with Crippen molar-refractivity contribution in [3.05, 3.63) is 95.1 Å². The second-order valence-corrected chi connectivity index (χ2v) is 13.1. The van der Waals surface area contributed by atoms with Crippen molar-refractivity contribution in [2.75, 3.05) is 0 Å². The van der Waals surface area contributed by atoms with Crippen molar-refractivity contribution >= 4 is 42.2 Å². The van der Waals surface area contributed by atoms with E-state index in [1.54, 1.807) is 52.0 Å². The van der Waals surface area contributed by atoms with Crippen LogP contribution < -0.4 is 59.1 Å². The third kappa shape index (κ3) is 6.26. The quantitative estimate of drug-likeness (QED) is 0.201. The van der Waals surface area contributed by atoms with Crippen LogP contribution in [0.2, 0.25) is 0 Å². The molecule has 0 fully saturated rings. The van der Waals surface area contributed by atoms with Gasteiger partial charge in [0.1, 0.15) is 42.9 Å². The molecule has 12 heteroatoms. The Balaban J connectivity index is 0.00000221. The summed E-state index contributed by atoms with van der Waals surface area (Å²) in [5, 5.41) is 0.543. The van der Waals surface area contributed by atoms with Crippen LogP contribution in [0.4, 0.5) is 0 Å². The zero-order valence-electron chi connectivity index (χ0n) is 25.0. The van der Waals surface area contributed by atoms with E-state index in [-0.39, 0.29) is 79.7 Å². The van der Waals surface area contributed by atoms with E-state index in [0.717, 1.165) is 33.4 Å². The minimum absolute atomic E-state index is 0. The minimum Gasteiger partial charge on any atom is -0.744 e. The Morgan fingerprint density at radius 1 is 0.477 bits per heavy atom. The zero-order valence-corrected chi connectivity index (χ0v) is 30.6. The van der Waals surface area contributed by atoms with E-state index in [4.69, 9.17) is 8.83 Å². The molecule has 0 spiro atoms. The van der Waals surface area contributed by atoms with Gasteiger partial charge in [0.2, 0.25) is 0 Å². The smallest absolute Gasteiger partial charge is 0.744 e. The summed E-state index contributed by atoms with van der Waals surface area (Å²) in [7, 11) is -9.38. The molecule has 0 atom stereocenters. The molecular formula is C32H24Na2O8S2. The van der Waals surface area contributed by atoms with Crippen molar-refractivity contribution in [1.82, 2.24) is 0 Å². The summed E-state index contributed by atoms with van der Waals surface area (Å²) in [6, 6.07) is 21.4. The van der Waals surface area contributed by atoms with Crippen LogP contribution >= 0.6 is 0 Å². The number of rotatable bonds is 5. The first kappa shape index (κ1) is 34.6. The summed E-state index contributed by atoms with van der Waals surface area (Å²) >= 11 is 0. The monoisotopic (exact) mass is 646 g/mol. The van der Waals surface area contributed by atoms with Crippen LogP contribution in [0.15, 0.2) is 91.4 Å². The summed E-state index contributed by atoms with van der Waals surface area (Å²) in [4.78, 5) is -0.536. The fraction of sp³-hybridized carbons (Fsp3) is 0.125. The Morgan fingerprint density at radius 2 is 0.773 bits per heavy atom. The van der Waals surface area contributed by atoms with Gasteiger partial charge in [0.15, 0.2) is 0 Å². The molecule has 0 saturated heterocycles. The Bertz CT molecular complexity index is 2100. The Labute approximate surface area is 299 Å². The van der Waals surface area contributed by atoms with E-state index in [2.05, 4.69) is 0 Å². The summed E-state index contributed by atoms with van der Waals surface area (Å²) in [6.07, 6.45) is 0. The molecule has 0 aliphatic carbocycles. The van der Waals surface area contributed by atoms with Crippen LogP contribution in [0.1, 0.15) is 22.3 Å². The maximum Gasteiger partial charge on any atom is 1.00 e. The second kappa shape index (κ2) is 12.5. The van der Waals surface area contributed by atoms with Crippen molar-refractivity contribution in [2.45, 2.75) is 37.5 Å². The van der Waals surface area contributed by atoms with Crippen LogP contribution in [0.25, 0.3) is 55.7 Å². The molecule has 0 aliphatic rings. The third-order valence-corrected chi connectivity index (χ3v) is 9.51. The topological polar surface area (TPSA) is 141 Å². The molecule has 0 unspecified atom stereocenters. The maximum atomic E-state index is 11.9. The number of benzene rings is 4. The summed E-state index contributed by atoms with van der Waals surface area (Å²) < 4.78 is 83.5. The molecule has 44 heavy (non-hydrogen) atoms. The third-order valence-electron chi connectivity index (χ3n) is 7.42. The van der Waals surface area contributed by atoms with Gasteiger partial charge in [-0.2, -0.15) is 0 Å². The number of hydrogen-bond donors (Lipinski definition) is 0. The van der Waals surface area contributed by atoms with Crippen molar-refractivity contribution < 1.29 is 93.9 Å². The van der Waals surface area contributed by atoms with Gasteiger partial charge in [0, 0.05) is 21.9 Å². The average molecular weight is 647 g/mol. The van der Waals surface area contributed by atoms with Gasteiger partial charge in [-0.25, -0.2) is 16.8 Å². The van der Waals surface area contributed by atoms with Crippen LogP contribution in [-0.4, -0.2) is 25.9 Å². The number of hydrogen-bond acceptors (Lipinski definition) is 8. The molecule has 6 aromatic rings. The van der Waals surface area contributed by atoms with Crippen molar-refractivity contribution in [2.24, 2.45) is 0 Å². The Hall–Kier alpha value is -2.22. The van der Waals surface area contributed by atoms with Crippen LogP contribution in [0.5, 0.6) is 0 Å². The first-order chi connectivity index (χ1) is 19.7. The molecular weight excluding hydrogens is 622 g/mol. The number of fused-ring (bicyclic) bond motifs is 2. The van der Waals surface area contributed by atoms with Gasteiger partial charge < -0.3 is 17.9 Å². The van der Waals surface area contributed by atoms with E-state index in [9.17, 15) is 25.9 Å². The van der Waals surface area contributed by atoms with Crippen molar-refractivity contribution in [3.8, 4) is 33.8 Å². The first-order valence-corrected chi connectivity index (χ1v) is 15.7. The zero-order chi connectivity index (χ0) is 30.1. The fourth-order valence-corrected chi connectivity index (χ4v) is 7.39. The largest absolute Gasteiger partial charge is 1.00 e. The van der Waals surface area contributed by atoms with Gasteiger partial charge in [0.25, 0.3) is 0 Å². The van der Waals surface area contributed by atoms with Gasteiger partial charge in [-0.3, -0.25) is 0 Å². The van der Waals surface area contributed by atoms with E-state index >= 15 is 0 Å². The molecule has 8 nitrogen and oxygen atoms in total. The Morgan fingerprint density at radius 3 is 1.07 bits per heavy atom. The fourth-order valence-electron chi connectivity index (χ4n) is 5.64. The molecule has 2 heterocycles. The first-order valence-electron chi connectivity index (χ1n) is 12.9. The van der Waals surface area contributed by atoms with Gasteiger partial charge >= 0.3 is 59.1 Å². The van der Waals surface area contributed by atoms with Crippen LogP contribution in [0.3, 0.4) is 0 Å². The minimum atomic E-state index is -4.69. The normalized spacial score (nSPS) is 11.9. The standard InChI is InChI=1S/C32H26O8S2.2Na/c1-17-13-19(3)31(41(33,34)35)25-15-27(39-29(17)25)23-9-5-21(6-10-23)22-7-11-24(12-8-22)28-16-26-30(40-28)18(2)14-20(4)32(26)42(36,37)38;;/h5-16H,1-4H3,(H,33,34,35)(H,36,37,38);;/q;2*+1/p-2. The molecule has 6 rings (SSSR count). The van der Waals surface area contributed by atoms with Gasteiger partial charge in [-0.1, -0.05) is 60.7 Å². The van der Waals surface area contributed by atoms with Crippen molar-refractivity contribution in [1.29, 1.82) is 0 Å². The SMILES string of the molecule is Cc1cc(C)c2oc(-c3ccc(-c4ccc(-c5cc6c(S(=O)(=O)[O-])c(C)cc(C)c6o5)cc4)cc3)cc2c1S(=O)(=O)[O-].[Na+].[Na+]. The Kier molecular flexibility index (Phi) is 9.86. The number of aryl methyl sites for hydroxylation is 4. The molecule has 0 N–H and O–H groups in total.